The SMILES string of the molecule is CC1(c2nc3c(Cl)cccc3[nH]2)CCCN1. The molecule has 0 spiro atoms. The smallest absolute Gasteiger partial charge is 0.127 e. The summed E-state index contributed by atoms with van der Waals surface area (Å²) in [5, 5.41) is 4.20. The molecule has 0 aliphatic carbocycles. The van der Waals surface area contributed by atoms with Gasteiger partial charge >= 0.3 is 0 Å². The van der Waals surface area contributed by atoms with Gasteiger partial charge in [0.25, 0.3) is 0 Å². The Hall–Kier alpha value is -1.06. The summed E-state index contributed by atoms with van der Waals surface area (Å²) in [4.78, 5) is 7.98. The molecular weight excluding hydrogens is 222 g/mol. The van der Waals surface area contributed by atoms with Gasteiger partial charge in [0.15, 0.2) is 0 Å². The molecule has 1 atom stereocenters. The van der Waals surface area contributed by atoms with Crippen molar-refractivity contribution in [3.63, 3.8) is 0 Å². The zero-order valence-corrected chi connectivity index (χ0v) is 9.93. The monoisotopic (exact) mass is 235 g/mol. The molecule has 0 bridgehead atoms. The van der Waals surface area contributed by atoms with Crippen LogP contribution < -0.4 is 5.32 Å². The lowest BCUT2D eigenvalue weighted by Crippen LogP contribution is -2.34. The normalized spacial score (nSPS) is 25.4. The highest BCUT2D eigenvalue weighted by atomic mass is 35.5. The van der Waals surface area contributed by atoms with E-state index in [1.165, 1.54) is 6.42 Å². The molecule has 3 nitrogen and oxygen atoms in total. The van der Waals surface area contributed by atoms with Crippen molar-refractivity contribution in [2.75, 3.05) is 6.54 Å². The number of H-pyrrole nitrogens is 1. The maximum absolute atomic E-state index is 6.12. The van der Waals surface area contributed by atoms with Gasteiger partial charge in [0.1, 0.15) is 11.3 Å². The fourth-order valence-corrected chi connectivity index (χ4v) is 2.57. The predicted molar refractivity (Wildman–Crippen MR) is 65.7 cm³/mol. The van der Waals surface area contributed by atoms with E-state index in [9.17, 15) is 0 Å². The number of imidazole rings is 1. The maximum atomic E-state index is 6.12. The molecule has 0 amide bonds. The summed E-state index contributed by atoms with van der Waals surface area (Å²) in [6.07, 6.45) is 2.31. The molecule has 1 aromatic carbocycles. The molecule has 1 aliphatic rings. The summed E-state index contributed by atoms with van der Waals surface area (Å²) in [6, 6.07) is 5.83. The van der Waals surface area contributed by atoms with Gasteiger partial charge in [-0.25, -0.2) is 4.98 Å². The molecule has 0 radical (unpaired) electrons. The number of para-hydroxylation sites is 1. The Kier molecular flexibility index (Phi) is 2.19. The molecule has 2 heterocycles. The van der Waals surface area contributed by atoms with E-state index < -0.39 is 0 Å². The van der Waals surface area contributed by atoms with Crippen LogP contribution in [0.1, 0.15) is 25.6 Å². The Morgan fingerprint density at radius 2 is 2.31 bits per heavy atom. The first-order chi connectivity index (χ1) is 7.69. The van der Waals surface area contributed by atoms with Gasteiger partial charge in [0.05, 0.1) is 16.1 Å². The van der Waals surface area contributed by atoms with Crippen LogP contribution in [-0.4, -0.2) is 16.5 Å². The van der Waals surface area contributed by atoms with Crippen molar-refractivity contribution in [1.29, 1.82) is 0 Å². The van der Waals surface area contributed by atoms with Crippen molar-refractivity contribution >= 4 is 22.6 Å². The van der Waals surface area contributed by atoms with E-state index in [0.29, 0.717) is 5.02 Å². The van der Waals surface area contributed by atoms with E-state index in [4.69, 9.17) is 11.6 Å². The number of benzene rings is 1. The first-order valence-corrected chi connectivity index (χ1v) is 5.97. The van der Waals surface area contributed by atoms with Crippen molar-refractivity contribution in [2.24, 2.45) is 0 Å². The number of aromatic nitrogens is 2. The number of aromatic amines is 1. The third kappa shape index (κ3) is 1.43. The van der Waals surface area contributed by atoms with Crippen molar-refractivity contribution in [1.82, 2.24) is 15.3 Å². The first kappa shape index (κ1) is 10.1. The van der Waals surface area contributed by atoms with Crippen LogP contribution in [0.4, 0.5) is 0 Å². The molecule has 1 saturated heterocycles. The molecule has 84 valence electrons. The maximum Gasteiger partial charge on any atom is 0.127 e. The summed E-state index contributed by atoms with van der Waals surface area (Å²) < 4.78 is 0. The summed E-state index contributed by atoms with van der Waals surface area (Å²) >= 11 is 6.12. The van der Waals surface area contributed by atoms with E-state index in [1.54, 1.807) is 0 Å². The van der Waals surface area contributed by atoms with Crippen LogP contribution in [0.5, 0.6) is 0 Å². The van der Waals surface area contributed by atoms with Crippen LogP contribution >= 0.6 is 11.6 Å². The first-order valence-electron chi connectivity index (χ1n) is 5.59. The van der Waals surface area contributed by atoms with E-state index in [-0.39, 0.29) is 5.54 Å². The highest BCUT2D eigenvalue weighted by Crippen LogP contribution is 2.31. The standard InChI is InChI=1S/C12H14ClN3/c1-12(6-3-7-14-12)11-15-9-5-2-4-8(13)10(9)16-11/h2,4-5,14H,3,6-7H2,1H3,(H,15,16). The van der Waals surface area contributed by atoms with Gasteiger partial charge in [-0.2, -0.15) is 0 Å². The van der Waals surface area contributed by atoms with E-state index in [2.05, 4.69) is 22.2 Å². The van der Waals surface area contributed by atoms with Crippen molar-refractivity contribution in [2.45, 2.75) is 25.3 Å². The van der Waals surface area contributed by atoms with Crippen LogP contribution in [0, 0.1) is 0 Å². The summed E-state index contributed by atoms with van der Waals surface area (Å²) in [6.45, 7) is 3.24. The van der Waals surface area contributed by atoms with Gasteiger partial charge in [-0.15, -0.1) is 0 Å². The number of fused-ring (bicyclic) bond motifs is 1. The van der Waals surface area contributed by atoms with E-state index in [1.807, 2.05) is 18.2 Å². The van der Waals surface area contributed by atoms with Crippen LogP contribution in [0.2, 0.25) is 5.02 Å². The highest BCUT2D eigenvalue weighted by Gasteiger charge is 2.33. The van der Waals surface area contributed by atoms with Crippen LogP contribution in [0.25, 0.3) is 11.0 Å². The van der Waals surface area contributed by atoms with Gasteiger partial charge < -0.3 is 10.3 Å². The number of rotatable bonds is 1. The van der Waals surface area contributed by atoms with E-state index >= 15 is 0 Å². The molecule has 4 heteroatoms. The number of nitrogens with zero attached hydrogens (tertiary/aromatic N) is 1. The second-order valence-corrected chi connectivity index (χ2v) is 4.99. The Balaban J connectivity index is 2.15. The van der Waals surface area contributed by atoms with Gasteiger partial charge in [0.2, 0.25) is 0 Å². The van der Waals surface area contributed by atoms with E-state index in [0.717, 1.165) is 29.8 Å². The second-order valence-electron chi connectivity index (χ2n) is 4.58. The molecule has 1 aromatic heterocycles. The summed E-state index contributed by atoms with van der Waals surface area (Å²) in [7, 11) is 0. The zero-order valence-electron chi connectivity index (χ0n) is 9.18. The topological polar surface area (TPSA) is 40.7 Å². The Morgan fingerprint density at radius 3 is 3.00 bits per heavy atom. The average molecular weight is 236 g/mol. The van der Waals surface area contributed by atoms with Crippen LogP contribution in [-0.2, 0) is 5.54 Å². The minimum atomic E-state index is -0.0254. The highest BCUT2D eigenvalue weighted by molar-refractivity contribution is 6.34. The molecule has 1 fully saturated rings. The lowest BCUT2D eigenvalue weighted by molar-refractivity contribution is 0.412. The quantitative estimate of drug-likeness (QED) is 0.798. The summed E-state index contributed by atoms with van der Waals surface area (Å²) in [5.74, 6) is 0.994. The number of nitrogens with one attached hydrogen (secondary N) is 2. The van der Waals surface area contributed by atoms with Gasteiger partial charge in [-0.1, -0.05) is 17.7 Å². The van der Waals surface area contributed by atoms with Gasteiger partial charge in [-0.05, 0) is 38.4 Å². The van der Waals surface area contributed by atoms with Crippen LogP contribution in [0.15, 0.2) is 18.2 Å². The average Bonchev–Trinajstić information content (AvgIpc) is 2.85. The number of hydrogen-bond acceptors (Lipinski definition) is 2. The van der Waals surface area contributed by atoms with Crippen LogP contribution in [0.3, 0.4) is 0 Å². The molecule has 16 heavy (non-hydrogen) atoms. The lowest BCUT2D eigenvalue weighted by Gasteiger charge is -2.21. The minimum absolute atomic E-state index is 0.0254. The lowest BCUT2D eigenvalue weighted by atomic mass is 10.00. The molecule has 2 N–H and O–H groups in total. The van der Waals surface area contributed by atoms with Crippen molar-refractivity contribution < 1.29 is 0 Å². The third-order valence-corrected chi connectivity index (χ3v) is 3.66. The molecular formula is C12H14ClN3. The van der Waals surface area contributed by atoms with Gasteiger partial charge in [-0.3, -0.25) is 0 Å². The Bertz CT molecular complexity index is 526. The fraction of sp³-hybridized carbons (Fsp3) is 0.417. The molecule has 1 unspecified atom stereocenters. The Morgan fingerprint density at radius 1 is 1.44 bits per heavy atom. The molecule has 0 saturated carbocycles. The predicted octanol–water partition coefficient (Wildman–Crippen LogP) is 2.81. The summed E-state index contributed by atoms with van der Waals surface area (Å²) in [5.41, 5.74) is 1.86. The fourth-order valence-electron chi connectivity index (χ4n) is 2.36. The number of hydrogen-bond donors (Lipinski definition) is 2. The molecule has 1 aliphatic heterocycles. The zero-order chi connectivity index (χ0) is 11.2. The minimum Gasteiger partial charge on any atom is -0.340 e. The molecule has 2 aromatic rings. The molecule has 3 rings (SSSR count). The van der Waals surface area contributed by atoms with Crippen molar-refractivity contribution in [3.05, 3.63) is 29.0 Å². The van der Waals surface area contributed by atoms with Gasteiger partial charge in [0, 0.05) is 0 Å². The largest absolute Gasteiger partial charge is 0.340 e. The third-order valence-electron chi connectivity index (χ3n) is 3.35. The second kappa shape index (κ2) is 3.47. The number of halogens is 1. The van der Waals surface area contributed by atoms with Crippen molar-refractivity contribution in [3.8, 4) is 0 Å². The Labute approximate surface area is 99.2 Å².